The van der Waals surface area contributed by atoms with Crippen molar-refractivity contribution in [3.63, 3.8) is 0 Å². The Hall–Kier alpha value is -1.93. The number of thioether (sulfide) groups is 1. The number of nitrogens with one attached hydrogen (secondary N) is 2. The molecule has 0 saturated carbocycles. The van der Waals surface area contributed by atoms with E-state index in [-0.39, 0.29) is 17.8 Å². The third kappa shape index (κ3) is 6.91. The number of carboxylic acids is 1. The van der Waals surface area contributed by atoms with Gasteiger partial charge in [0.25, 0.3) is 0 Å². The number of para-hydroxylation sites is 2. The first-order valence-corrected chi connectivity index (χ1v) is 10.4. The van der Waals surface area contributed by atoms with Gasteiger partial charge in [-0.3, -0.25) is 4.79 Å². The van der Waals surface area contributed by atoms with Crippen LogP contribution in [-0.2, 0) is 16.0 Å². The van der Waals surface area contributed by atoms with Crippen LogP contribution in [0.15, 0.2) is 42.5 Å². The van der Waals surface area contributed by atoms with Crippen molar-refractivity contribution in [1.82, 2.24) is 5.32 Å². The Morgan fingerprint density at radius 3 is 2.36 bits per heavy atom. The molecule has 0 aliphatic heterocycles. The van der Waals surface area contributed by atoms with E-state index in [1.54, 1.807) is 24.3 Å². The van der Waals surface area contributed by atoms with E-state index < -0.39 is 12.0 Å². The van der Waals surface area contributed by atoms with Crippen molar-refractivity contribution >= 4 is 58.2 Å². The highest BCUT2D eigenvalue weighted by Crippen LogP contribution is 2.33. The number of carbonyl (C=O) groups is 2. The van der Waals surface area contributed by atoms with E-state index in [0.717, 1.165) is 0 Å². The molecule has 0 heterocycles. The van der Waals surface area contributed by atoms with Crippen molar-refractivity contribution in [2.24, 2.45) is 0 Å². The summed E-state index contributed by atoms with van der Waals surface area (Å²) in [6.45, 7) is 0. The first-order chi connectivity index (χ1) is 12.9. The van der Waals surface area contributed by atoms with Crippen LogP contribution in [-0.4, -0.2) is 40.5 Å². The van der Waals surface area contributed by atoms with Crippen LogP contribution in [0.1, 0.15) is 12.0 Å². The van der Waals surface area contributed by atoms with Crippen molar-refractivity contribution in [1.29, 1.82) is 0 Å². The Bertz CT molecular complexity index is 800. The Morgan fingerprint density at radius 1 is 1.11 bits per heavy atom. The SMILES string of the molecule is CSCC[C@@H](NC(=O)Cc1ccccc1Nc1c(Cl)cccc1Cl)C(=O)O.O. The van der Waals surface area contributed by atoms with Gasteiger partial charge in [0.05, 0.1) is 22.2 Å². The predicted octanol–water partition coefficient (Wildman–Crippen LogP) is 3.78. The summed E-state index contributed by atoms with van der Waals surface area (Å²) in [5.74, 6) is -0.741. The van der Waals surface area contributed by atoms with Crippen molar-refractivity contribution in [2.75, 3.05) is 17.3 Å². The molecule has 6 nitrogen and oxygen atoms in total. The van der Waals surface area contributed by atoms with E-state index in [4.69, 9.17) is 23.2 Å². The van der Waals surface area contributed by atoms with Gasteiger partial charge >= 0.3 is 5.97 Å². The molecule has 2 rings (SSSR count). The van der Waals surface area contributed by atoms with Crippen LogP contribution < -0.4 is 10.6 Å². The van der Waals surface area contributed by atoms with Gasteiger partial charge in [0.15, 0.2) is 0 Å². The average Bonchev–Trinajstić information content (AvgIpc) is 2.63. The van der Waals surface area contributed by atoms with Crippen molar-refractivity contribution in [2.45, 2.75) is 18.9 Å². The molecule has 2 aromatic carbocycles. The monoisotopic (exact) mass is 444 g/mol. The van der Waals surface area contributed by atoms with Crippen LogP contribution in [0.4, 0.5) is 11.4 Å². The summed E-state index contributed by atoms with van der Waals surface area (Å²) in [6.07, 6.45) is 2.30. The highest BCUT2D eigenvalue weighted by atomic mass is 35.5. The lowest BCUT2D eigenvalue weighted by Crippen LogP contribution is -2.41. The summed E-state index contributed by atoms with van der Waals surface area (Å²) in [5.41, 5.74) is 1.94. The summed E-state index contributed by atoms with van der Waals surface area (Å²) in [7, 11) is 0. The van der Waals surface area contributed by atoms with Gasteiger partial charge in [-0.25, -0.2) is 4.79 Å². The van der Waals surface area contributed by atoms with E-state index in [1.165, 1.54) is 11.8 Å². The minimum Gasteiger partial charge on any atom is -0.480 e. The molecular weight excluding hydrogens is 423 g/mol. The fourth-order valence-corrected chi connectivity index (χ4v) is 3.42. The molecule has 0 radical (unpaired) electrons. The minimum absolute atomic E-state index is 0. The van der Waals surface area contributed by atoms with E-state index >= 15 is 0 Å². The number of carbonyl (C=O) groups excluding carboxylic acids is 1. The number of rotatable bonds is 9. The van der Waals surface area contributed by atoms with Crippen LogP contribution >= 0.6 is 35.0 Å². The first kappa shape index (κ1) is 24.1. The molecule has 0 aliphatic carbocycles. The fraction of sp³-hybridized carbons (Fsp3) is 0.263. The minimum atomic E-state index is -1.04. The largest absolute Gasteiger partial charge is 0.480 e. The first-order valence-electron chi connectivity index (χ1n) is 8.22. The van der Waals surface area contributed by atoms with Crippen molar-refractivity contribution in [3.05, 3.63) is 58.1 Å². The molecule has 0 spiro atoms. The summed E-state index contributed by atoms with van der Waals surface area (Å²) in [6, 6.07) is 11.5. The molecule has 0 fully saturated rings. The topological polar surface area (TPSA) is 110 Å². The number of amides is 1. The maximum absolute atomic E-state index is 12.4. The smallest absolute Gasteiger partial charge is 0.326 e. The number of carboxylic acid groups (broad SMARTS) is 1. The number of hydrogen-bond acceptors (Lipinski definition) is 4. The Kier molecular flexibility index (Phi) is 10.2. The van der Waals surface area contributed by atoms with Gasteiger partial charge in [-0.2, -0.15) is 11.8 Å². The average molecular weight is 445 g/mol. The third-order valence-electron chi connectivity index (χ3n) is 3.83. The van der Waals surface area contributed by atoms with Crippen molar-refractivity contribution in [3.8, 4) is 0 Å². The van der Waals surface area contributed by atoms with Gasteiger partial charge in [-0.15, -0.1) is 0 Å². The molecule has 0 aliphatic rings. The van der Waals surface area contributed by atoms with Crippen molar-refractivity contribution < 1.29 is 20.2 Å². The number of anilines is 2. The number of hydrogen-bond donors (Lipinski definition) is 3. The quantitative estimate of drug-likeness (QED) is 0.544. The molecule has 28 heavy (non-hydrogen) atoms. The third-order valence-corrected chi connectivity index (χ3v) is 5.11. The molecule has 1 atom stereocenters. The van der Waals surface area contributed by atoms with Crippen LogP contribution in [0, 0.1) is 0 Å². The Balaban J connectivity index is 0.00000392. The summed E-state index contributed by atoms with van der Waals surface area (Å²) < 4.78 is 0. The molecule has 9 heteroatoms. The molecule has 2 aromatic rings. The van der Waals surface area contributed by atoms with Gasteiger partial charge in [-0.05, 0) is 42.2 Å². The Labute approximate surface area is 177 Å². The standard InChI is InChI=1S/C19H20Cl2N2O3S.H2O/c1-27-10-9-16(19(25)26)22-17(24)11-12-5-2-3-8-15(12)23-18-13(20)6-4-7-14(18)21;/h2-8,16,23H,9-11H2,1H3,(H,22,24)(H,25,26);1H2/t16-;/m1./s1. The normalized spacial score (nSPS) is 11.2. The number of aliphatic carboxylic acids is 1. The molecular formula is C19H22Cl2N2O4S. The van der Waals surface area contributed by atoms with E-state index in [1.807, 2.05) is 24.5 Å². The predicted molar refractivity (Wildman–Crippen MR) is 116 cm³/mol. The molecule has 0 unspecified atom stereocenters. The lowest BCUT2D eigenvalue weighted by Gasteiger charge is -2.16. The highest BCUT2D eigenvalue weighted by molar-refractivity contribution is 7.98. The van der Waals surface area contributed by atoms with Gasteiger partial charge in [0.1, 0.15) is 6.04 Å². The maximum Gasteiger partial charge on any atom is 0.326 e. The number of halogens is 2. The summed E-state index contributed by atoms with van der Waals surface area (Å²) in [5, 5.41) is 15.9. The summed E-state index contributed by atoms with van der Waals surface area (Å²) in [4.78, 5) is 23.7. The van der Waals surface area contributed by atoms with Gasteiger partial charge in [-0.1, -0.05) is 47.5 Å². The highest BCUT2D eigenvalue weighted by Gasteiger charge is 2.20. The zero-order chi connectivity index (χ0) is 19.8. The van der Waals surface area contributed by atoms with Crippen LogP contribution in [0.3, 0.4) is 0 Å². The second-order valence-corrected chi connectivity index (χ2v) is 7.60. The number of benzene rings is 2. The molecule has 5 N–H and O–H groups in total. The molecule has 152 valence electrons. The molecule has 0 bridgehead atoms. The second-order valence-electron chi connectivity index (χ2n) is 5.80. The Morgan fingerprint density at radius 2 is 1.75 bits per heavy atom. The summed E-state index contributed by atoms with van der Waals surface area (Å²) >= 11 is 13.9. The van der Waals surface area contributed by atoms with Gasteiger partial charge in [0, 0.05) is 5.69 Å². The van der Waals surface area contributed by atoms with Crippen LogP contribution in [0.25, 0.3) is 0 Å². The maximum atomic E-state index is 12.4. The lowest BCUT2D eigenvalue weighted by molar-refractivity contribution is -0.141. The van der Waals surface area contributed by atoms with Crippen LogP contribution in [0.2, 0.25) is 10.0 Å². The molecule has 0 saturated heterocycles. The fourth-order valence-electron chi connectivity index (χ4n) is 2.46. The van der Waals surface area contributed by atoms with Gasteiger partial charge in [0.2, 0.25) is 5.91 Å². The van der Waals surface area contributed by atoms with Crippen LogP contribution in [0.5, 0.6) is 0 Å². The van der Waals surface area contributed by atoms with E-state index in [2.05, 4.69) is 10.6 Å². The van der Waals surface area contributed by atoms with E-state index in [9.17, 15) is 14.7 Å². The second kappa shape index (κ2) is 11.8. The molecule has 0 aromatic heterocycles. The lowest BCUT2D eigenvalue weighted by atomic mass is 10.1. The molecule has 1 amide bonds. The zero-order valence-corrected chi connectivity index (χ0v) is 17.5. The van der Waals surface area contributed by atoms with Gasteiger partial charge < -0.3 is 21.2 Å². The zero-order valence-electron chi connectivity index (χ0n) is 15.2. The van der Waals surface area contributed by atoms with E-state index in [0.29, 0.717) is 39.2 Å².